The number of carbonyl (C=O) groups excluding carboxylic acids is 1. The lowest BCUT2D eigenvalue weighted by Gasteiger charge is -2.50. The zero-order valence-electron chi connectivity index (χ0n) is 38.1. The lowest BCUT2D eigenvalue weighted by molar-refractivity contribution is -0.374. The van der Waals surface area contributed by atoms with E-state index in [2.05, 4.69) is 6.58 Å². The number of esters is 1. The van der Waals surface area contributed by atoms with Gasteiger partial charge in [0.05, 0.1) is 59.0 Å². The number of hydrogen-bond donors (Lipinski definition) is 0. The van der Waals surface area contributed by atoms with Crippen molar-refractivity contribution in [1.82, 2.24) is 0 Å². The molecule has 0 amide bonds. The zero-order valence-corrected chi connectivity index (χ0v) is 38.1. The second kappa shape index (κ2) is 25.0. The number of rotatable bonds is 23. The van der Waals surface area contributed by atoms with Crippen molar-refractivity contribution in [2.75, 3.05) is 13.7 Å². The van der Waals surface area contributed by atoms with E-state index in [1.165, 1.54) is 6.92 Å². The summed E-state index contributed by atoms with van der Waals surface area (Å²) in [4.78, 5) is 12.7. The lowest BCUT2D eigenvalue weighted by atomic mass is 9.96. The van der Waals surface area contributed by atoms with Gasteiger partial charge in [-0.2, -0.15) is 0 Å². The monoisotopic (exact) mass is 902 g/mol. The van der Waals surface area contributed by atoms with Crippen LogP contribution in [0.15, 0.2) is 158 Å². The van der Waals surface area contributed by atoms with Gasteiger partial charge in [-0.1, -0.05) is 140 Å². The van der Waals surface area contributed by atoms with Crippen LogP contribution in [0.3, 0.4) is 0 Å². The third-order valence-corrected chi connectivity index (χ3v) is 11.4. The van der Waals surface area contributed by atoms with Crippen LogP contribution in [0, 0.1) is 0 Å². The molecule has 0 aliphatic carbocycles. The fraction of sp³-hybridized carbons (Fsp3) is 0.389. The van der Waals surface area contributed by atoms with Crippen molar-refractivity contribution >= 4 is 5.97 Å². The van der Waals surface area contributed by atoms with E-state index in [9.17, 15) is 4.79 Å². The van der Waals surface area contributed by atoms with Crippen molar-refractivity contribution in [2.24, 2.45) is 0 Å². The summed E-state index contributed by atoms with van der Waals surface area (Å²) in [5, 5.41) is 0. The van der Waals surface area contributed by atoms with Gasteiger partial charge in [-0.05, 0) is 53.8 Å². The summed E-state index contributed by atoms with van der Waals surface area (Å²) in [7, 11) is 1.63. The van der Waals surface area contributed by atoms with Gasteiger partial charge in [-0.3, -0.25) is 4.79 Å². The van der Waals surface area contributed by atoms with Crippen LogP contribution in [-0.2, 0) is 85.2 Å². The Bertz CT molecular complexity index is 2160. The summed E-state index contributed by atoms with van der Waals surface area (Å²) in [5.41, 5.74) is 4.67. The first-order valence-electron chi connectivity index (χ1n) is 22.5. The van der Waals surface area contributed by atoms with Crippen LogP contribution >= 0.6 is 0 Å². The van der Waals surface area contributed by atoms with Crippen molar-refractivity contribution in [3.8, 4) is 5.75 Å². The smallest absolute Gasteiger partial charge is 0.303 e. The predicted octanol–water partition coefficient (Wildman–Crippen LogP) is 8.93. The first-order chi connectivity index (χ1) is 32.3. The van der Waals surface area contributed by atoms with Crippen LogP contribution in [0.4, 0.5) is 0 Å². The van der Waals surface area contributed by atoms with Crippen LogP contribution < -0.4 is 4.74 Å². The Morgan fingerprint density at radius 3 is 1.48 bits per heavy atom. The minimum atomic E-state index is -1.10. The van der Waals surface area contributed by atoms with Crippen molar-refractivity contribution in [3.63, 3.8) is 0 Å². The van der Waals surface area contributed by atoms with Gasteiger partial charge >= 0.3 is 5.97 Å². The molecule has 0 N–H and O–H groups in total. The average Bonchev–Trinajstić information content (AvgIpc) is 3.34. The van der Waals surface area contributed by atoms with Crippen molar-refractivity contribution in [2.45, 2.75) is 121 Å². The molecule has 2 heterocycles. The topological polar surface area (TPSA) is 119 Å². The Morgan fingerprint density at radius 2 is 1.02 bits per heavy atom. The maximum atomic E-state index is 12.7. The van der Waals surface area contributed by atoms with E-state index >= 15 is 0 Å². The molecular weight excluding hydrogens is 841 g/mol. The van der Waals surface area contributed by atoms with Gasteiger partial charge in [0.1, 0.15) is 42.4 Å². The summed E-state index contributed by atoms with van der Waals surface area (Å²) < 4.78 is 72.8. The van der Waals surface area contributed by atoms with E-state index in [0.717, 1.165) is 33.6 Å². The van der Waals surface area contributed by atoms with Crippen LogP contribution in [0.5, 0.6) is 5.75 Å². The molecule has 11 atom stereocenters. The molecule has 0 saturated carbocycles. The Hall–Kier alpha value is -5.25. The van der Waals surface area contributed by atoms with Gasteiger partial charge in [0, 0.05) is 6.92 Å². The van der Waals surface area contributed by atoms with Crippen LogP contribution in [0.2, 0.25) is 0 Å². The minimum Gasteiger partial charge on any atom is -0.497 e. The number of methoxy groups -OCH3 is 1. The summed E-state index contributed by atoms with van der Waals surface area (Å²) in [6.45, 7) is 10.3. The van der Waals surface area contributed by atoms with Gasteiger partial charge in [0.25, 0.3) is 0 Å². The Morgan fingerprint density at radius 1 is 0.576 bits per heavy atom. The van der Waals surface area contributed by atoms with Gasteiger partial charge in [-0.15, -0.1) is 6.58 Å². The van der Waals surface area contributed by atoms with Gasteiger partial charge in [0.2, 0.25) is 0 Å². The molecule has 0 bridgehead atoms. The highest BCUT2D eigenvalue weighted by Crippen LogP contribution is 2.37. The highest BCUT2D eigenvalue weighted by Gasteiger charge is 2.54. The standard InChI is InChI=1S/C54H62O12/c1-6-37(2)62-53-52(61-34-43-25-17-10-18-26-43)50(59-35-44-27-29-45(56-5)30-28-44)48(46(65-53)36-57-31-40-19-11-7-12-20-40)66-54-51(60-33-42-23-15-9-16-24-42)49(47(38(3)63-54)64-39(4)55)58-32-41-21-13-8-14-22-41/h6-30,37-38,46-54H,1,31-36H2,2-5H3/t37?,38-,46+,47+,48-,49+,50-,51-,52+,53+,54?/m0/s1. The zero-order chi connectivity index (χ0) is 46.1. The largest absolute Gasteiger partial charge is 0.497 e. The first kappa shape index (κ1) is 48.7. The van der Waals surface area contributed by atoms with Gasteiger partial charge in [0.15, 0.2) is 18.7 Å². The molecule has 0 spiro atoms. The highest BCUT2D eigenvalue weighted by atomic mass is 16.8. The van der Waals surface area contributed by atoms with E-state index in [0.29, 0.717) is 6.61 Å². The molecule has 5 aromatic rings. The van der Waals surface area contributed by atoms with E-state index < -0.39 is 73.5 Å². The first-order valence-corrected chi connectivity index (χ1v) is 22.5. The molecular formula is C54H62O12. The maximum absolute atomic E-state index is 12.7. The van der Waals surface area contributed by atoms with Crippen LogP contribution in [-0.4, -0.2) is 87.2 Å². The molecule has 2 fully saturated rings. The van der Waals surface area contributed by atoms with Gasteiger partial charge < -0.3 is 52.1 Å². The summed E-state index contributed by atoms with van der Waals surface area (Å²) in [5.74, 6) is 0.241. The van der Waals surface area contributed by atoms with E-state index in [1.54, 1.807) is 13.2 Å². The van der Waals surface area contributed by atoms with Crippen molar-refractivity contribution in [3.05, 3.63) is 186 Å². The van der Waals surface area contributed by atoms with E-state index in [-0.39, 0.29) is 33.0 Å². The lowest BCUT2D eigenvalue weighted by Crippen LogP contribution is -2.66. The number of carbonyl (C=O) groups is 1. The molecule has 2 saturated heterocycles. The predicted molar refractivity (Wildman–Crippen MR) is 247 cm³/mol. The molecule has 66 heavy (non-hydrogen) atoms. The maximum Gasteiger partial charge on any atom is 0.303 e. The second-order valence-corrected chi connectivity index (χ2v) is 16.4. The van der Waals surface area contributed by atoms with E-state index in [4.69, 9.17) is 52.1 Å². The number of hydrogen-bond acceptors (Lipinski definition) is 12. The van der Waals surface area contributed by atoms with Crippen molar-refractivity contribution < 1.29 is 56.9 Å². The van der Waals surface area contributed by atoms with Crippen LogP contribution in [0.25, 0.3) is 0 Å². The summed E-state index contributed by atoms with van der Waals surface area (Å²) in [6.07, 6.45) is -7.47. The second-order valence-electron chi connectivity index (χ2n) is 16.4. The molecule has 2 unspecified atom stereocenters. The Balaban J connectivity index is 1.28. The average molecular weight is 903 g/mol. The summed E-state index contributed by atoms with van der Waals surface area (Å²) >= 11 is 0. The molecule has 12 heteroatoms. The summed E-state index contributed by atoms with van der Waals surface area (Å²) in [6, 6.07) is 47.0. The molecule has 0 aromatic heterocycles. The highest BCUT2D eigenvalue weighted by molar-refractivity contribution is 5.66. The Labute approximate surface area is 388 Å². The number of ether oxygens (including phenoxy) is 11. The van der Waals surface area contributed by atoms with Crippen molar-refractivity contribution in [1.29, 1.82) is 0 Å². The molecule has 12 nitrogen and oxygen atoms in total. The molecule has 350 valence electrons. The molecule has 2 aliphatic heterocycles. The van der Waals surface area contributed by atoms with E-state index in [1.807, 2.05) is 159 Å². The molecule has 0 radical (unpaired) electrons. The fourth-order valence-corrected chi connectivity index (χ4v) is 7.96. The molecule has 7 rings (SSSR count). The third kappa shape index (κ3) is 13.9. The Kier molecular flexibility index (Phi) is 18.5. The fourth-order valence-electron chi connectivity index (χ4n) is 7.96. The normalized spacial score (nSPS) is 25.7. The quantitative estimate of drug-likeness (QED) is 0.0460. The SMILES string of the molecule is C=CC(C)O[C@@H]1O[C@H](COCc2ccccc2)[C@H](OC2O[C@@H](C)[C@@H](OC(C)=O)[C@@H](OCc3ccccc3)[C@@H]2OCc2ccccc2)[C@H](OCc2ccc(OC)cc2)[C@H]1OCc1ccccc1. The van der Waals surface area contributed by atoms with Crippen LogP contribution in [0.1, 0.15) is 48.6 Å². The number of benzene rings is 5. The third-order valence-electron chi connectivity index (χ3n) is 11.4. The molecule has 2 aliphatic rings. The van der Waals surface area contributed by atoms with Gasteiger partial charge in [-0.25, -0.2) is 0 Å². The minimum absolute atomic E-state index is 0.0809. The molecule has 5 aromatic carbocycles.